The van der Waals surface area contributed by atoms with Crippen molar-refractivity contribution >= 4 is 58.9 Å². The van der Waals surface area contributed by atoms with Gasteiger partial charge in [-0.2, -0.15) is 0 Å². The Morgan fingerprint density at radius 1 is 0.571 bits per heavy atom. The van der Waals surface area contributed by atoms with Crippen molar-refractivity contribution in [3.63, 3.8) is 0 Å². The van der Waals surface area contributed by atoms with E-state index in [9.17, 15) is 0 Å². The first-order chi connectivity index (χ1) is 23.9. The molecule has 2 aliphatic heterocycles. The zero-order chi connectivity index (χ0) is 34.0. The highest BCUT2D eigenvalue weighted by molar-refractivity contribution is 6.80. The van der Waals surface area contributed by atoms with Gasteiger partial charge in [0.2, 0.25) is 0 Å². The van der Waals surface area contributed by atoms with E-state index >= 15 is 0 Å². The van der Waals surface area contributed by atoms with E-state index in [1.165, 1.54) is 25.7 Å². The van der Waals surface area contributed by atoms with E-state index in [0.29, 0.717) is 38.5 Å². The van der Waals surface area contributed by atoms with E-state index in [4.69, 9.17) is 37.2 Å². The lowest BCUT2D eigenvalue weighted by molar-refractivity contribution is 0.107. The number of hydrogen-bond donors (Lipinski definition) is 2. The Bertz CT molecular complexity index is 1510. The Morgan fingerprint density at radius 2 is 0.980 bits per heavy atom. The normalized spacial score (nSPS) is 18.0. The summed E-state index contributed by atoms with van der Waals surface area (Å²) in [7, 11) is 0. The fourth-order valence-corrected chi connectivity index (χ4v) is 7.11. The van der Waals surface area contributed by atoms with Crippen LogP contribution in [0.4, 0.5) is 0 Å². The number of aryl methyl sites for hydroxylation is 2. The number of hydrogen-bond acceptors (Lipinski definition) is 5. The first-order valence-corrected chi connectivity index (χ1v) is 18.7. The molecule has 2 aliphatic rings. The van der Waals surface area contributed by atoms with Crippen LogP contribution in [0.3, 0.4) is 0 Å². The maximum atomic E-state index is 6.57. The summed E-state index contributed by atoms with van der Waals surface area (Å²) in [6, 6.07) is 30.4. The molecule has 256 valence electrons. The molecule has 0 bridgehead atoms. The Balaban J connectivity index is 1.07. The third-order valence-corrected chi connectivity index (χ3v) is 10.7. The van der Waals surface area contributed by atoms with Crippen LogP contribution in [0, 0.1) is 13.8 Å². The van der Waals surface area contributed by atoms with Gasteiger partial charge < -0.3 is 24.7 Å². The quantitative estimate of drug-likeness (QED) is 0.162. The summed E-state index contributed by atoms with van der Waals surface area (Å²) in [5.74, 6) is 0. The topological polar surface area (TPSA) is 51.8 Å². The van der Waals surface area contributed by atoms with E-state index < -0.39 is 0 Å². The van der Waals surface area contributed by atoms with Crippen LogP contribution in [-0.2, 0) is 27.3 Å². The standard InChI is InChI=1S/C40H48B2Cl2N2O3/c1-29-9-15-35(23-39(29)43)41(48-27-37-7-3-5-21-45-37)33-17-11-31(12-18-33)25-47-26-32-13-19-34(20-14-32)42(36-16-10-30(2)40(44)24-36)49-28-38-8-4-6-22-46-38/h9-20,23-24,37-38,45-46H,3-8,21-22,25-28H2,1-2H3. The van der Waals surface area contributed by atoms with Gasteiger partial charge in [0, 0.05) is 35.3 Å². The molecule has 6 rings (SSSR count). The van der Waals surface area contributed by atoms with Gasteiger partial charge in [-0.25, -0.2) is 0 Å². The summed E-state index contributed by atoms with van der Waals surface area (Å²) >= 11 is 13.1. The van der Waals surface area contributed by atoms with Crippen LogP contribution in [0.2, 0.25) is 10.0 Å². The summed E-state index contributed by atoms with van der Waals surface area (Å²) in [6.45, 7) is 8.20. The summed E-state index contributed by atoms with van der Waals surface area (Å²) < 4.78 is 19.3. The van der Waals surface area contributed by atoms with Gasteiger partial charge in [-0.3, -0.25) is 0 Å². The van der Waals surface area contributed by atoms with Gasteiger partial charge in [0.1, 0.15) is 0 Å². The zero-order valence-corrected chi connectivity index (χ0v) is 30.4. The fourth-order valence-electron chi connectivity index (χ4n) is 6.74. The summed E-state index contributed by atoms with van der Waals surface area (Å²) in [4.78, 5) is 0. The minimum atomic E-state index is -0.182. The largest absolute Gasteiger partial charge is 0.425 e. The second kappa shape index (κ2) is 18.1. The molecule has 0 radical (unpaired) electrons. The number of benzene rings is 4. The lowest BCUT2D eigenvalue weighted by Gasteiger charge is -2.26. The van der Waals surface area contributed by atoms with Crippen LogP contribution >= 0.6 is 23.2 Å². The molecule has 2 saturated heterocycles. The van der Waals surface area contributed by atoms with Crippen molar-refractivity contribution in [2.45, 2.75) is 77.7 Å². The maximum Gasteiger partial charge on any atom is 0.361 e. The molecule has 0 spiro atoms. The molecule has 2 fully saturated rings. The second-order valence-corrected chi connectivity index (χ2v) is 14.5. The van der Waals surface area contributed by atoms with Crippen LogP contribution < -0.4 is 32.5 Å². The highest BCUT2D eigenvalue weighted by Crippen LogP contribution is 2.16. The van der Waals surface area contributed by atoms with Crippen molar-refractivity contribution in [1.29, 1.82) is 0 Å². The van der Waals surface area contributed by atoms with Gasteiger partial charge in [0.05, 0.1) is 13.2 Å². The van der Waals surface area contributed by atoms with Crippen molar-refractivity contribution < 1.29 is 14.0 Å². The molecule has 0 amide bonds. The minimum Gasteiger partial charge on any atom is -0.425 e. The van der Waals surface area contributed by atoms with E-state index in [2.05, 4.69) is 83.4 Å². The fraction of sp³-hybridized carbons (Fsp3) is 0.400. The highest BCUT2D eigenvalue weighted by atomic mass is 35.5. The predicted molar refractivity (Wildman–Crippen MR) is 207 cm³/mol. The van der Waals surface area contributed by atoms with Crippen LogP contribution in [0.15, 0.2) is 84.9 Å². The molecule has 2 unspecified atom stereocenters. The molecule has 49 heavy (non-hydrogen) atoms. The van der Waals surface area contributed by atoms with Crippen LogP contribution in [0.25, 0.3) is 0 Å². The Hall–Kier alpha value is -2.61. The Labute approximate surface area is 303 Å². The molecule has 0 aromatic heterocycles. The van der Waals surface area contributed by atoms with Gasteiger partial charge in [0.25, 0.3) is 0 Å². The van der Waals surface area contributed by atoms with Crippen LogP contribution in [0.1, 0.15) is 60.8 Å². The van der Waals surface area contributed by atoms with Crippen molar-refractivity contribution in [2.75, 3.05) is 26.3 Å². The van der Waals surface area contributed by atoms with Gasteiger partial charge >= 0.3 is 13.8 Å². The lowest BCUT2D eigenvalue weighted by atomic mass is 9.55. The van der Waals surface area contributed by atoms with Gasteiger partial charge in [-0.05, 0) is 109 Å². The predicted octanol–water partition coefficient (Wildman–Crippen LogP) is 5.86. The molecule has 2 heterocycles. The molecule has 2 atom stereocenters. The van der Waals surface area contributed by atoms with Gasteiger partial charge in [-0.1, -0.05) is 109 Å². The summed E-state index contributed by atoms with van der Waals surface area (Å²) in [5, 5.41) is 8.73. The average Bonchev–Trinajstić information content (AvgIpc) is 3.13. The minimum absolute atomic E-state index is 0.182. The molecule has 9 heteroatoms. The number of rotatable bonds is 14. The lowest BCUT2D eigenvalue weighted by Crippen LogP contribution is -2.48. The van der Waals surface area contributed by atoms with E-state index in [1.807, 2.05) is 26.0 Å². The molecule has 0 aliphatic carbocycles. The SMILES string of the molecule is Cc1ccc(B(OCC2CCCCN2)c2ccc(COCc3ccc(B(OCC4CCCCN4)c4ccc(C)c(Cl)c4)cc3)cc2)cc1Cl. The van der Waals surface area contributed by atoms with Crippen molar-refractivity contribution in [2.24, 2.45) is 0 Å². The molecular weight excluding hydrogens is 649 g/mol. The monoisotopic (exact) mass is 696 g/mol. The molecule has 2 N–H and O–H groups in total. The number of nitrogens with one attached hydrogen (secondary N) is 2. The molecular formula is C40H48B2Cl2N2O3. The van der Waals surface area contributed by atoms with Crippen LogP contribution in [0.5, 0.6) is 0 Å². The third-order valence-electron chi connectivity index (χ3n) is 9.85. The van der Waals surface area contributed by atoms with E-state index in [-0.39, 0.29) is 13.8 Å². The van der Waals surface area contributed by atoms with Crippen LogP contribution in [-0.4, -0.2) is 52.2 Å². The van der Waals surface area contributed by atoms with Gasteiger partial charge in [-0.15, -0.1) is 0 Å². The second-order valence-electron chi connectivity index (χ2n) is 13.7. The van der Waals surface area contributed by atoms with Gasteiger partial charge in [0.15, 0.2) is 0 Å². The molecule has 4 aromatic rings. The van der Waals surface area contributed by atoms with E-state index in [1.54, 1.807) is 0 Å². The number of halogens is 2. The number of piperidine rings is 2. The van der Waals surface area contributed by atoms with Crippen molar-refractivity contribution in [3.8, 4) is 0 Å². The highest BCUT2D eigenvalue weighted by Gasteiger charge is 2.26. The maximum absolute atomic E-state index is 6.57. The summed E-state index contributed by atoms with van der Waals surface area (Å²) in [5.41, 5.74) is 8.74. The van der Waals surface area contributed by atoms with Crippen molar-refractivity contribution in [3.05, 3.63) is 117 Å². The first kappa shape index (κ1) is 36.2. The third kappa shape index (κ3) is 10.2. The van der Waals surface area contributed by atoms with E-state index in [0.717, 1.165) is 80.1 Å². The number of ether oxygens (including phenoxy) is 1. The molecule has 5 nitrogen and oxygen atoms in total. The zero-order valence-electron chi connectivity index (χ0n) is 28.9. The van der Waals surface area contributed by atoms with Crippen molar-refractivity contribution in [1.82, 2.24) is 10.6 Å². The first-order valence-electron chi connectivity index (χ1n) is 17.9. The Kier molecular flexibility index (Phi) is 13.3. The Morgan fingerprint density at radius 3 is 1.35 bits per heavy atom. The average molecular weight is 697 g/mol. The smallest absolute Gasteiger partial charge is 0.361 e. The molecule has 4 aromatic carbocycles. The summed E-state index contributed by atoms with van der Waals surface area (Å²) in [6.07, 6.45) is 7.26. The molecule has 0 saturated carbocycles.